The van der Waals surface area contributed by atoms with E-state index in [4.69, 9.17) is 4.42 Å². The minimum atomic E-state index is -4.57. The van der Waals surface area contributed by atoms with E-state index in [2.05, 4.69) is 0 Å². The Balaban J connectivity index is 3.10. The van der Waals surface area contributed by atoms with Crippen LogP contribution in [-0.2, 0) is 13.2 Å². The predicted octanol–water partition coefficient (Wildman–Crippen LogP) is 2.77. The van der Waals surface area contributed by atoms with E-state index in [0.717, 1.165) is 4.57 Å². The number of aromatic nitrogens is 1. The summed E-state index contributed by atoms with van der Waals surface area (Å²) < 4.78 is 45.0. The van der Waals surface area contributed by atoms with Crippen LogP contribution < -0.4 is 5.56 Å². The number of alkyl halides is 3. The van der Waals surface area contributed by atoms with Crippen LogP contribution in [0.4, 0.5) is 13.2 Å². The van der Waals surface area contributed by atoms with Gasteiger partial charge in [0.2, 0.25) is 5.71 Å². The Labute approximate surface area is 94.5 Å². The van der Waals surface area contributed by atoms with E-state index in [0.29, 0.717) is 5.56 Å². The van der Waals surface area contributed by atoms with Crippen LogP contribution in [0.25, 0.3) is 11.1 Å². The first-order valence-corrected chi connectivity index (χ1v) is 4.89. The first kappa shape index (κ1) is 11.8. The molecule has 0 fully saturated rings. The summed E-state index contributed by atoms with van der Waals surface area (Å²) in [5.74, 6) is 0. The molecule has 0 saturated carbocycles. The summed E-state index contributed by atoms with van der Waals surface area (Å²) in [6.07, 6.45) is -3.34. The van der Waals surface area contributed by atoms with E-state index < -0.39 is 17.3 Å². The van der Waals surface area contributed by atoms with Gasteiger partial charge >= 0.3 is 6.18 Å². The van der Waals surface area contributed by atoms with E-state index in [-0.39, 0.29) is 16.7 Å². The van der Waals surface area contributed by atoms with Crippen LogP contribution >= 0.6 is 0 Å². The number of hydrogen-bond acceptors (Lipinski definition) is 2. The molecule has 2 rings (SSSR count). The second-order valence-corrected chi connectivity index (χ2v) is 3.96. The highest BCUT2D eigenvalue weighted by atomic mass is 19.4. The summed E-state index contributed by atoms with van der Waals surface area (Å²) >= 11 is 0. The molecule has 0 radical (unpaired) electrons. The lowest BCUT2D eigenvalue weighted by Crippen LogP contribution is -2.24. The molecule has 92 valence electrons. The van der Waals surface area contributed by atoms with Gasteiger partial charge in [0.25, 0.3) is 5.56 Å². The summed E-state index contributed by atoms with van der Waals surface area (Å²) in [6, 6.07) is 0. The molecule has 2 heterocycles. The van der Waals surface area contributed by atoms with Crippen molar-refractivity contribution in [2.45, 2.75) is 20.0 Å². The van der Waals surface area contributed by atoms with Crippen molar-refractivity contribution in [2.75, 3.05) is 0 Å². The molecule has 3 nitrogen and oxygen atoms in total. The summed E-state index contributed by atoms with van der Waals surface area (Å²) in [7, 11) is 1.39. The van der Waals surface area contributed by atoms with Gasteiger partial charge in [-0.25, -0.2) is 0 Å². The van der Waals surface area contributed by atoms with Gasteiger partial charge in [-0.2, -0.15) is 13.2 Å². The number of halogens is 3. The van der Waals surface area contributed by atoms with Gasteiger partial charge in [-0.1, -0.05) is 0 Å². The molecular formula is C11H10F3NO2. The maximum Gasteiger partial charge on any atom is 0.417 e. The molecule has 0 atom stereocenters. The van der Waals surface area contributed by atoms with Gasteiger partial charge in [0, 0.05) is 12.6 Å². The van der Waals surface area contributed by atoms with Crippen LogP contribution in [-0.4, -0.2) is 4.57 Å². The fourth-order valence-electron chi connectivity index (χ4n) is 1.97. The van der Waals surface area contributed by atoms with Crippen molar-refractivity contribution < 1.29 is 17.6 Å². The van der Waals surface area contributed by atoms with Crippen molar-refractivity contribution in [1.82, 2.24) is 4.57 Å². The molecule has 17 heavy (non-hydrogen) atoms. The largest absolute Gasteiger partial charge is 0.447 e. The molecule has 0 aliphatic carbocycles. The maximum absolute atomic E-state index is 13.0. The SMILES string of the molecule is Cc1c(C(F)(F)F)c2c(C)coc2n(C)c1=O. The zero-order chi connectivity index (χ0) is 13.0. The topological polar surface area (TPSA) is 35.1 Å². The molecule has 0 bridgehead atoms. The van der Waals surface area contributed by atoms with Gasteiger partial charge in [-0.15, -0.1) is 0 Å². The molecule has 0 unspecified atom stereocenters. The Kier molecular flexibility index (Phi) is 2.34. The zero-order valence-corrected chi connectivity index (χ0v) is 9.47. The van der Waals surface area contributed by atoms with E-state index in [9.17, 15) is 18.0 Å². The van der Waals surface area contributed by atoms with Crippen molar-refractivity contribution >= 4 is 11.1 Å². The van der Waals surface area contributed by atoms with Gasteiger partial charge in [0.1, 0.15) is 0 Å². The van der Waals surface area contributed by atoms with Gasteiger partial charge in [0.15, 0.2) is 0 Å². The van der Waals surface area contributed by atoms with Crippen LogP contribution in [0.1, 0.15) is 16.7 Å². The van der Waals surface area contributed by atoms with Gasteiger partial charge in [0.05, 0.1) is 17.2 Å². The van der Waals surface area contributed by atoms with E-state index in [1.807, 2.05) is 0 Å². The quantitative estimate of drug-likeness (QED) is 0.715. The zero-order valence-electron chi connectivity index (χ0n) is 9.47. The Bertz CT molecular complexity index is 649. The number of nitrogens with zero attached hydrogens (tertiary/aromatic N) is 1. The lowest BCUT2D eigenvalue weighted by Gasteiger charge is -2.13. The Morgan fingerprint density at radius 3 is 2.41 bits per heavy atom. The van der Waals surface area contributed by atoms with Crippen LogP contribution in [0, 0.1) is 13.8 Å². The minimum absolute atomic E-state index is 0.0444. The van der Waals surface area contributed by atoms with Gasteiger partial charge in [-0.3, -0.25) is 9.36 Å². The standard InChI is InChI=1S/C11H10F3NO2/c1-5-4-17-10-7(5)8(11(12,13)14)6(2)9(16)15(10)3/h4H,1-3H3. The number of pyridine rings is 1. The smallest absolute Gasteiger partial charge is 0.417 e. The molecule has 0 N–H and O–H groups in total. The Hall–Kier alpha value is -1.72. The summed E-state index contributed by atoms with van der Waals surface area (Å²) in [5, 5.41) is -0.0444. The Morgan fingerprint density at radius 2 is 1.88 bits per heavy atom. The van der Waals surface area contributed by atoms with Crippen LogP contribution in [0.2, 0.25) is 0 Å². The first-order chi connectivity index (χ1) is 7.75. The monoisotopic (exact) mass is 245 g/mol. The highest BCUT2D eigenvalue weighted by Crippen LogP contribution is 2.37. The highest BCUT2D eigenvalue weighted by Gasteiger charge is 2.37. The van der Waals surface area contributed by atoms with Gasteiger partial charge < -0.3 is 4.42 Å². The average Bonchev–Trinajstić information content (AvgIpc) is 2.56. The van der Waals surface area contributed by atoms with Crippen molar-refractivity contribution in [3.8, 4) is 0 Å². The molecule has 0 amide bonds. The van der Waals surface area contributed by atoms with Crippen LogP contribution in [0.3, 0.4) is 0 Å². The predicted molar refractivity (Wildman–Crippen MR) is 55.9 cm³/mol. The number of rotatable bonds is 0. The van der Waals surface area contributed by atoms with Crippen molar-refractivity contribution in [1.29, 1.82) is 0 Å². The second-order valence-electron chi connectivity index (χ2n) is 3.96. The van der Waals surface area contributed by atoms with Crippen molar-refractivity contribution in [2.24, 2.45) is 7.05 Å². The third kappa shape index (κ3) is 1.55. The maximum atomic E-state index is 13.0. The van der Waals surface area contributed by atoms with E-state index in [1.165, 1.54) is 27.2 Å². The average molecular weight is 245 g/mol. The normalized spacial score (nSPS) is 12.4. The number of hydrogen-bond donors (Lipinski definition) is 0. The molecule has 0 aliphatic rings. The van der Waals surface area contributed by atoms with E-state index >= 15 is 0 Å². The lowest BCUT2D eigenvalue weighted by atomic mass is 10.0. The van der Waals surface area contributed by atoms with Gasteiger partial charge in [-0.05, 0) is 19.4 Å². The van der Waals surface area contributed by atoms with Crippen molar-refractivity contribution in [3.63, 3.8) is 0 Å². The van der Waals surface area contributed by atoms with Crippen LogP contribution in [0.15, 0.2) is 15.5 Å². The number of aryl methyl sites for hydroxylation is 2. The molecule has 0 spiro atoms. The minimum Gasteiger partial charge on any atom is -0.447 e. The highest BCUT2D eigenvalue weighted by molar-refractivity contribution is 5.83. The van der Waals surface area contributed by atoms with E-state index in [1.54, 1.807) is 0 Å². The molecule has 0 aliphatic heterocycles. The third-order valence-electron chi connectivity index (χ3n) is 2.79. The molecule has 0 saturated heterocycles. The number of furan rings is 1. The second kappa shape index (κ2) is 3.38. The third-order valence-corrected chi connectivity index (χ3v) is 2.79. The van der Waals surface area contributed by atoms with Crippen LogP contribution in [0.5, 0.6) is 0 Å². The lowest BCUT2D eigenvalue weighted by molar-refractivity contribution is -0.136. The fraction of sp³-hybridized carbons (Fsp3) is 0.364. The first-order valence-electron chi connectivity index (χ1n) is 4.89. The summed E-state index contributed by atoms with van der Waals surface area (Å²) in [4.78, 5) is 11.7. The van der Waals surface area contributed by atoms with Crippen molar-refractivity contribution in [3.05, 3.63) is 33.3 Å². The summed E-state index contributed by atoms with van der Waals surface area (Å²) in [6.45, 7) is 2.70. The molecule has 0 aromatic carbocycles. The molecular weight excluding hydrogens is 235 g/mol. The summed E-state index contributed by atoms with van der Waals surface area (Å²) in [5.41, 5.74) is -1.59. The molecule has 6 heteroatoms. The molecule has 2 aromatic heterocycles. The Morgan fingerprint density at radius 1 is 1.29 bits per heavy atom. The number of fused-ring (bicyclic) bond motifs is 1. The molecule has 2 aromatic rings. The fourth-order valence-corrected chi connectivity index (χ4v) is 1.97.